The molecule has 0 fully saturated rings. The number of guanidine groups is 1. The summed E-state index contributed by atoms with van der Waals surface area (Å²) in [5, 5.41) is 6.60. The Kier molecular flexibility index (Phi) is 9.35. The molecule has 0 atom stereocenters. The first-order valence-corrected chi connectivity index (χ1v) is 9.68. The third-order valence-electron chi connectivity index (χ3n) is 4.31. The summed E-state index contributed by atoms with van der Waals surface area (Å²) in [5.41, 5.74) is 7.44. The number of hydrogen-bond donors (Lipinski definition) is 3. The number of aryl methyl sites for hydroxylation is 1. The molecule has 0 radical (unpaired) electrons. The molecule has 0 aliphatic heterocycles. The Morgan fingerprint density at radius 3 is 2.52 bits per heavy atom. The van der Waals surface area contributed by atoms with Gasteiger partial charge in [0.2, 0.25) is 0 Å². The lowest BCUT2D eigenvalue weighted by atomic mass is 10.1. The summed E-state index contributed by atoms with van der Waals surface area (Å²) in [6.07, 6.45) is 3.18. The van der Waals surface area contributed by atoms with Gasteiger partial charge in [0.05, 0.1) is 7.11 Å². The molecule has 0 aliphatic rings. The first kappa shape index (κ1) is 22.1. The quantitative estimate of drug-likeness (QED) is 0.306. The number of benzene rings is 2. The molecule has 7 heteroatoms. The third-order valence-corrected chi connectivity index (χ3v) is 4.31. The summed E-state index contributed by atoms with van der Waals surface area (Å²) >= 11 is 0. The summed E-state index contributed by atoms with van der Waals surface area (Å²) in [6.45, 7) is 1.31. The van der Waals surface area contributed by atoms with Crippen molar-refractivity contribution < 1.29 is 14.3 Å². The standard InChI is InChI=1S/C22H30N4O3/c1-24-22(25-13-4-3-6-17-9-11-19(28-2)12-10-17)26-15-18-7-5-8-20(14-18)29-16-21(23)27/h5,7-12,14H,3-4,6,13,15-16H2,1-2H3,(H2,23,27)(H2,24,25,26). The second-order valence-corrected chi connectivity index (χ2v) is 6.56. The molecule has 7 nitrogen and oxygen atoms in total. The van der Waals surface area contributed by atoms with Crippen molar-refractivity contribution in [1.82, 2.24) is 10.6 Å². The van der Waals surface area contributed by atoms with E-state index in [4.69, 9.17) is 15.2 Å². The van der Waals surface area contributed by atoms with E-state index in [1.54, 1.807) is 20.2 Å². The van der Waals surface area contributed by atoms with Gasteiger partial charge in [-0.15, -0.1) is 0 Å². The van der Waals surface area contributed by atoms with Crippen molar-refractivity contribution >= 4 is 11.9 Å². The number of rotatable bonds is 11. The zero-order chi connectivity index (χ0) is 20.9. The summed E-state index contributed by atoms with van der Waals surface area (Å²) in [6, 6.07) is 15.7. The highest BCUT2D eigenvalue weighted by atomic mass is 16.5. The molecule has 2 rings (SSSR count). The van der Waals surface area contributed by atoms with Crippen LogP contribution in [0.5, 0.6) is 11.5 Å². The number of amides is 1. The molecule has 0 spiro atoms. The van der Waals surface area contributed by atoms with Gasteiger partial charge in [0.25, 0.3) is 5.91 Å². The van der Waals surface area contributed by atoms with Gasteiger partial charge in [-0.1, -0.05) is 24.3 Å². The van der Waals surface area contributed by atoms with E-state index in [1.165, 1.54) is 5.56 Å². The number of unbranched alkanes of at least 4 members (excludes halogenated alkanes) is 1. The van der Waals surface area contributed by atoms with Gasteiger partial charge in [-0.2, -0.15) is 0 Å². The molecule has 2 aromatic carbocycles. The van der Waals surface area contributed by atoms with Gasteiger partial charge in [0.15, 0.2) is 12.6 Å². The second kappa shape index (κ2) is 12.3. The third kappa shape index (κ3) is 8.55. The van der Waals surface area contributed by atoms with Crippen LogP contribution < -0.4 is 25.8 Å². The maximum Gasteiger partial charge on any atom is 0.255 e. The predicted octanol–water partition coefficient (Wildman–Crippen LogP) is 2.25. The van der Waals surface area contributed by atoms with Crippen LogP contribution >= 0.6 is 0 Å². The molecule has 4 N–H and O–H groups in total. The number of nitrogens with one attached hydrogen (secondary N) is 2. The number of hydrogen-bond acceptors (Lipinski definition) is 4. The predicted molar refractivity (Wildman–Crippen MR) is 115 cm³/mol. The van der Waals surface area contributed by atoms with Gasteiger partial charge in [-0.05, 0) is 54.7 Å². The number of aliphatic imine (C=N–C) groups is 1. The molecule has 29 heavy (non-hydrogen) atoms. The zero-order valence-electron chi connectivity index (χ0n) is 17.1. The molecule has 0 aromatic heterocycles. The fourth-order valence-corrected chi connectivity index (χ4v) is 2.76. The highest BCUT2D eigenvalue weighted by Gasteiger charge is 2.02. The highest BCUT2D eigenvalue weighted by molar-refractivity contribution is 5.79. The van der Waals surface area contributed by atoms with Crippen molar-refractivity contribution in [2.75, 3.05) is 27.3 Å². The van der Waals surface area contributed by atoms with Gasteiger partial charge in [0.1, 0.15) is 11.5 Å². The first-order valence-electron chi connectivity index (χ1n) is 9.68. The Labute approximate surface area is 172 Å². The number of methoxy groups -OCH3 is 1. The lowest BCUT2D eigenvalue weighted by Gasteiger charge is -2.13. The van der Waals surface area contributed by atoms with Crippen LogP contribution in [-0.2, 0) is 17.8 Å². The summed E-state index contributed by atoms with van der Waals surface area (Å²) in [7, 11) is 3.43. The summed E-state index contributed by atoms with van der Waals surface area (Å²) in [5.74, 6) is 1.75. The van der Waals surface area contributed by atoms with E-state index in [9.17, 15) is 4.79 Å². The van der Waals surface area contributed by atoms with Crippen LogP contribution in [0.2, 0.25) is 0 Å². The topological polar surface area (TPSA) is 98.0 Å². The molecule has 0 aliphatic carbocycles. The number of carbonyl (C=O) groups is 1. The minimum absolute atomic E-state index is 0.128. The van der Waals surface area contributed by atoms with Crippen molar-refractivity contribution in [3.05, 3.63) is 59.7 Å². The average molecular weight is 399 g/mol. The molecule has 0 bridgehead atoms. The molecular formula is C22H30N4O3. The first-order chi connectivity index (χ1) is 14.1. The molecule has 0 saturated carbocycles. The largest absolute Gasteiger partial charge is 0.497 e. The van der Waals surface area contributed by atoms with E-state index >= 15 is 0 Å². The lowest BCUT2D eigenvalue weighted by Crippen LogP contribution is -2.37. The number of nitrogens with two attached hydrogens (primary N) is 1. The molecule has 2 aromatic rings. The Balaban J connectivity index is 1.67. The van der Waals surface area contributed by atoms with E-state index in [0.717, 1.165) is 43.1 Å². The van der Waals surface area contributed by atoms with Crippen LogP contribution in [-0.4, -0.2) is 39.2 Å². The number of primary amides is 1. The van der Waals surface area contributed by atoms with Crippen LogP contribution in [0.1, 0.15) is 24.0 Å². The van der Waals surface area contributed by atoms with Crippen LogP contribution in [0.3, 0.4) is 0 Å². The van der Waals surface area contributed by atoms with Gasteiger partial charge in [0, 0.05) is 20.1 Å². The molecule has 0 unspecified atom stereocenters. The average Bonchev–Trinajstić information content (AvgIpc) is 2.75. The minimum Gasteiger partial charge on any atom is -0.497 e. The van der Waals surface area contributed by atoms with Crippen LogP contribution in [0.4, 0.5) is 0 Å². The fourth-order valence-electron chi connectivity index (χ4n) is 2.76. The Bertz CT molecular complexity index is 791. The Morgan fingerprint density at radius 2 is 1.83 bits per heavy atom. The van der Waals surface area contributed by atoms with Gasteiger partial charge in [-0.3, -0.25) is 9.79 Å². The Hall–Kier alpha value is -3.22. The Morgan fingerprint density at radius 1 is 1.03 bits per heavy atom. The minimum atomic E-state index is -0.495. The SMILES string of the molecule is CN=C(NCCCCc1ccc(OC)cc1)NCc1cccc(OCC(N)=O)c1. The van der Waals surface area contributed by atoms with Gasteiger partial charge < -0.3 is 25.8 Å². The molecular weight excluding hydrogens is 368 g/mol. The van der Waals surface area contributed by atoms with Gasteiger partial charge in [-0.25, -0.2) is 0 Å². The van der Waals surface area contributed by atoms with E-state index in [-0.39, 0.29) is 6.61 Å². The van der Waals surface area contributed by atoms with Crippen LogP contribution in [0, 0.1) is 0 Å². The molecule has 156 valence electrons. The molecule has 0 saturated heterocycles. The van der Waals surface area contributed by atoms with E-state index in [2.05, 4.69) is 27.8 Å². The van der Waals surface area contributed by atoms with E-state index in [0.29, 0.717) is 12.3 Å². The number of nitrogens with zero attached hydrogens (tertiary/aromatic N) is 1. The van der Waals surface area contributed by atoms with Crippen molar-refractivity contribution in [1.29, 1.82) is 0 Å². The fraction of sp³-hybridized carbons (Fsp3) is 0.364. The van der Waals surface area contributed by atoms with Crippen molar-refractivity contribution in [3.8, 4) is 11.5 Å². The second-order valence-electron chi connectivity index (χ2n) is 6.56. The van der Waals surface area contributed by atoms with Gasteiger partial charge >= 0.3 is 0 Å². The molecule has 1 amide bonds. The van der Waals surface area contributed by atoms with Crippen molar-refractivity contribution in [2.24, 2.45) is 10.7 Å². The van der Waals surface area contributed by atoms with Crippen molar-refractivity contribution in [3.63, 3.8) is 0 Å². The maximum atomic E-state index is 10.8. The lowest BCUT2D eigenvalue weighted by molar-refractivity contribution is -0.119. The number of ether oxygens (including phenoxy) is 2. The van der Waals surface area contributed by atoms with Crippen LogP contribution in [0.15, 0.2) is 53.5 Å². The number of carbonyl (C=O) groups excluding carboxylic acids is 1. The maximum absolute atomic E-state index is 10.8. The normalized spacial score (nSPS) is 11.0. The van der Waals surface area contributed by atoms with Crippen molar-refractivity contribution in [2.45, 2.75) is 25.8 Å². The monoisotopic (exact) mass is 398 g/mol. The summed E-state index contributed by atoms with van der Waals surface area (Å²) < 4.78 is 10.5. The summed E-state index contributed by atoms with van der Waals surface area (Å²) in [4.78, 5) is 15.1. The van der Waals surface area contributed by atoms with E-state index in [1.807, 2.05) is 30.3 Å². The molecule has 0 heterocycles. The smallest absolute Gasteiger partial charge is 0.255 e. The van der Waals surface area contributed by atoms with E-state index < -0.39 is 5.91 Å². The highest BCUT2D eigenvalue weighted by Crippen LogP contribution is 2.14. The zero-order valence-corrected chi connectivity index (χ0v) is 17.1. The van der Waals surface area contributed by atoms with Crippen LogP contribution in [0.25, 0.3) is 0 Å².